The number of ether oxygens (including phenoxy) is 2. The Morgan fingerprint density at radius 1 is 1.07 bits per heavy atom. The summed E-state index contributed by atoms with van der Waals surface area (Å²) < 4.78 is 12.0. The molecule has 3 heterocycles. The molecular weight excluding hydrogens is 617 g/mol. The zero-order valence-corrected chi connectivity index (χ0v) is 26.7. The van der Waals surface area contributed by atoms with E-state index in [1.54, 1.807) is 39.5 Å². The van der Waals surface area contributed by atoms with Gasteiger partial charge in [-0.05, 0) is 61.3 Å². The molecular formula is C30H33BrN7O3P. The van der Waals surface area contributed by atoms with Crippen molar-refractivity contribution in [3.63, 3.8) is 0 Å². The van der Waals surface area contributed by atoms with E-state index in [9.17, 15) is 5.11 Å². The van der Waals surface area contributed by atoms with E-state index < -0.39 is 13.5 Å². The third-order valence-corrected chi connectivity index (χ3v) is 8.40. The van der Waals surface area contributed by atoms with Crippen LogP contribution in [-0.2, 0) is 4.74 Å². The Hall–Kier alpha value is -3.55. The molecule has 10 nitrogen and oxygen atoms in total. The molecule has 2 aromatic carbocycles. The summed E-state index contributed by atoms with van der Waals surface area (Å²) in [6, 6.07) is 7.82. The minimum atomic E-state index is -1.14. The number of halogens is 1. The van der Waals surface area contributed by atoms with Gasteiger partial charge in [-0.15, -0.1) is 0 Å². The zero-order valence-electron chi connectivity index (χ0n) is 24.2. The second-order valence-electron chi connectivity index (χ2n) is 10.4. The highest BCUT2D eigenvalue weighted by molar-refractivity contribution is 9.10. The van der Waals surface area contributed by atoms with Crippen LogP contribution in [0.1, 0.15) is 19.4 Å². The van der Waals surface area contributed by atoms with Crippen molar-refractivity contribution in [1.29, 1.82) is 0 Å². The Morgan fingerprint density at radius 2 is 1.83 bits per heavy atom. The summed E-state index contributed by atoms with van der Waals surface area (Å²) in [5, 5.41) is 18.2. The fourth-order valence-corrected chi connectivity index (χ4v) is 6.06. The third kappa shape index (κ3) is 6.90. The average Bonchev–Trinajstić information content (AvgIpc) is 2.97. The summed E-state index contributed by atoms with van der Waals surface area (Å²) >= 11 is 3.60. The summed E-state index contributed by atoms with van der Waals surface area (Å²) in [6.45, 7) is 10.4. The first kappa shape index (κ1) is 29.9. The number of morpholine rings is 1. The van der Waals surface area contributed by atoms with E-state index in [2.05, 4.69) is 71.6 Å². The highest BCUT2D eigenvalue weighted by atomic mass is 79.9. The molecule has 5 rings (SSSR count). The van der Waals surface area contributed by atoms with Gasteiger partial charge in [-0.2, -0.15) is 4.98 Å². The van der Waals surface area contributed by atoms with Crippen molar-refractivity contribution in [2.75, 3.05) is 62.3 Å². The standard InChI is InChI=1S/C30H33BrN7O3P/c1-30(2,39)9-8-19-16-23(25(40-3)17-24(19)38-12-14-41-15-13-38)36-29-34-18-20(31)28(37-29)35-22-7-6-21-26(27(22)42(4)5)33-11-10-32-21/h6-7,10-11,16-18,39H,12-15H2,1-5H3,(H2,34,35,36,37). The number of methoxy groups -OCH3 is 1. The molecule has 0 spiro atoms. The summed E-state index contributed by atoms with van der Waals surface area (Å²) in [5.41, 5.74) is 3.83. The first-order valence-electron chi connectivity index (χ1n) is 13.4. The molecule has 0 amide bonds. The topological polar surface area (TPSA) is 118 Å². The van der Waals surface area contributed by atoms with Crippen molar-refractivity contribution in [1.82, 2.24) is 19.9 Å². The monoisotopic (exact) mass is 649 g/mol. The lowest BCUT2D eigenvalue weighted by Gasteiger charge is -2.30. The van der Waals surface area contributed by atoms with Gasteiger partial charge in [0, 0.05) is 48.7 Å². The molecule has 1 aliphatic rings. The predicted molar refractivity (Wildman–Crippen MR) is 173 cm³/mol. The summed E-state index contributed by atoms with van der Waals surface area (Å²) in [7, 11) is 1.12. The fourth-order valence-electron chi connectivity index (χ4n) is 4.56. The lowest BCUT2D eigenvalue weighted by atomic mass is 10.1. The summed E-state index contributed by atoms with van der Waals surface area (Å²) in [6.07, 6.45) is 5.12. The average molecular weight is 651 g/mol. The number of hydrogen-bond donors (Lipinski definition) is 3. The highest BCUT2D eigenvalue weighted by Gasteiger charge is 2.20. The van der Waals surface area contributed by atoms with Crippen LogP contribution in [0.15, 0.2) is 47.3 Å². The van der Waals surface area contributed by atoms with E-state index in [4.69, 9.17) is 14.5 Å². The van der Waals surface area contributed by atoms with Crippen LogP contribution in [0.2, 0.25) is 0 Å². The van der Waals surface area contributed by atoms with Crippen molar-refractivity contribution in [3.05, 3.63) is 52.9 Å². The smallest absolute Gasteiger partial charge is 0.229 e. The maximum Gasteiger partial charge on any atom is 0.229 e. The van der Waals surface area contributed by atoms with Gasteiger partial charge in [0.25, 0.3) is 0 Å². The Bertz CT molecular complexity index is 1660. The number of aliphatic hydroxyl groups is 1. The van der Waals surface area contributed by atoms with Gasteiger partial charge >= 0.3 is 0 Å². The number of anilines is 5. The van der Waals surface area contributed by atoms with E-state index >= 15 is 0 Å². The number of fused-ring (bicyclic) bond motifs is 1. The molecule has 1 saturated heterocycles. The Kier molecular flexibility index (Phi) is 9.09. The van der Waals surface area contributed by atoms with Crippen LogP contribution in [0.3, 0.4) is 0 Å². The van der Waals surface area contributed by atoms with Crippen molar-refractivity contribution in [2.24, 2.45) is 0 Å². The molecule has 0 saturated carbocycles. The molecule has 0 unspecified atom stereocenters. The molecule has 1 fully saturated rings. The minimum absolute atomic E-state index is 0.372. The highest BCUT2D eigenvalue weighted by Crippen LogP contribution is 2.37. The third-order valence-electron chi connectivity index (χ3n) is 6.48. The second kappa shape index (κ2) is 12.8. The predicted octanol–water partition coefficient (Wildman–Crippen LogP) is 5.00. The number of nitrogens with zero attached hydrogens (tertiary/aromatic N) is 5. The number of rotatable bonds is 7. The summed E-state index contributed by atoms with van der Waals surface area (Å²) in [5.74, 6) is 7.69. The second-order valence-corrected chi connectivity index (χ2v) is 13.5. The van der Waals surface area contributed by atoms with Gasteiger partial charge < -0.3 is 30.1 Å². The van der Waals surface area contributed by atoms with Gasteiger partial charge in [-0.3, -0.25) is 9.97 Å². The molecule has 2 aromatic heterocycles. The van der Waals surface area contributed by atoms with Gasteiger partial charge in [0.15, 0.2) is 0 Å². The van der Waals surface area contributed by atoms with Crippen LogP contribution in [0.25, 0.3) is 11.0 Å². The van der Waals surface area contributed by atoms with Crippen LogP contribution in [0, 0.1) is 11.8 Å². The normalized spacial score (nSPS) is 13.6. The van der Waals surface area contributed by atoms with Crippen molar-refractivity contribution in [2.45, 2.75) is 19.4 Å². The molecule has 0 aliphatic carbocycles. The molecule has 42 heavy (non-hydrogen) atoms. The largest absolute Gasteiger partial charge is 0.494 e. The van der Waals surface area contributed by atoms with Crippen LogP contribution in [-0.4, -0.2) is 77.4 Å². The summed E-state index contributed by atoms with van der Waals surface area (Å²) in [4.78, 5) is 20.6. The quantitative estimate of drug-likeness (QED) is 0.186. The molecule has 218 valence electrons. The number of nitrogens with one attached hydrogen (secondary N) is 2. The van der Waals surface area contributed by atoms with Crippen molar-refractivity contribution in [3.8, 4) is 17.6 Å². The molecule has 0 atom stereocenters. The van der Waals surface area contributed by atoms with Crippen LogP contribution in [0.5, 0.6) is 5.75 Å². The van der Waals surface area contributed by atoms with E-state index in [-0.39, 0.29) is 0 Å². The molecule has 4 aromatic rings. The van der Waals surface area contributed by atoms with E-state index in [0.717, 1.165) is 46.4 Å². The van der Waals surface area contributed by atoms with Gasteiger partial charge in [0.1, 0.15) is 17.2 Å². The number of benzene rings is 2. The SMILES string of the molecule is COc1cc(N2CCOCC2)c(C#CC(C)(C)O)cc1Nc1ncc(Br)c(Nc2ccc3nccnc3c2P(C)C)n1. The van der Waals surface area contributed by atoms with Crippen LogP contribution >= 0.6 is 23.9 Å². The van der Waals surface area contributed by atoms with Gasteiger partial charge in [0.2, 0.25) is 5.95 Å². The molecule has 1 aliphatic heterocycles. The molecule has 0 bridgehead atoms. The van der Waals surface area contributed by atoms with Crippen molar-refractivity contribution < 1.29 is 14.6 Å². The minimum Gasteiger partial charge on any atom is -0.494 e. The van der Waals surface area contributed by atoms with E-state index in [1.165, 1.54) is 0 Å². The zero-order chi connectivity index (χ0) is 29.9. The Labute approximate surface area is 255 Å². The Balaban J connectivity index is 1.51. The Morgan fingerprint density at radius 3 is 2.55 bits per heavy atom. The molecule has 12 heteroatoms. The van der Waals surface area contributed by atoms with Crippen LogP contribution < -0.4 is 25.6 Å². The first-order chi connectivity index (χ1) is 20.1. The first-order valence-corrected chi connectivity index (χ1v) is 16.4. The fraction of sp³-hybridized carbons (Fsp3) is 0.333. The number of aromatic nitrogens is 4. The van der Waals surface area contributed by atoms with Crippen LogP contribution in [0.4, 0.5) is 28.8 Å². The molecule has 0 radical (unpaired) electrons. The van der Waals surface area contributed by atoms with E-state index in [0.29, 0.717) is 40.9 Å². The molecule has 3 N–H and O–H groups in total. The number of hydrogen-bond acceptors (Lipinski definition) is 10. The van der Waals surface area contributed by atoms with Gasteiger partial charge in [-0.1, -0.05) is 19.8 Å². The van der Waals surface area contributed by atoms with Gasteiger partial charge in [0.05, 0.1) is 52.8 Å². The van der Waals surface area contributed by atoms with Gasteiger partial charge in [-0.25, -0.2) is 4.98 Å². The maximum atomic E-state index is 10.3. The lowest BCUT2D eigenvalue weighted by Crippen LogP contribution is -2.36. The lowest BCUT2D eigenvalue weighted by molar-refractivity contribution is 0.122. The maximum absolute atomic E-state index is 10.3. The van der Waals surface area contributed by atoms with Crippen molar-refractivity contribution >= 4 is 69.0 Å². The van der Waals surface area contributed by atoms with E-state index in [1.807, 2.05) is 24.3 Å².